The predicted molar refractivity (Wildman–Crippen MR) is 89.0 cm³/mol. The van der Waals surface area contributed by atoms with E-state index in [0.717, 1.165) is 51.5 Å². The number of hydrogen-bond donors (Lipinski definition) is 0. The van der Waals surface area contributed by atoms with Crippen LogP contribution >= 0.6 is 0 Å². The number of aromatic nitrogens is 3. The number of carbonyl (C=O) groups is 1. The van der Waals surface area contributed by atoms with Crippen LogP contribution in [-0.4, -0.2) is 69.5 Å². The first kappa shape index (κ1) is 16.3. The van der Waals surface area contributed by atoms with E-state index in [1.807, 2.05) is 22.6 Å². The summed E-state index contributed by atoms with van der Waals surface area (Å²) >= 11 is 0. The Morgan fingerprint density at radius 2 is 2.16 bits per heavy atom. The second-order valence-corrected chi connectivity index (χ2v) is 6.67. The Hall–Kier alpha value is -2.19. The minimum atomic E-state index is -0.103. The third-order valence-corrected chi connectivity index (χ3v) is 4.92. The number of amides is 1. The summed E-state index contributed by atoms with van der Waals surface area (Å²) in [5.41, 5.74) is 1.77. The van der Waals surface area contributed by atoms with Crippen LogP contribution in [0.4, 0.5) is 0 Å². The summed E-state index contributed by atoms with van der Waals surface area (Å²) in [5, 5.41) is 8.24. The van der Waals surface area contributed by atoms with Crippen LogP contribution in [-0.2, 0) is 17.8 Å². The number of rotatable bonds is 3. The lowest BCUT2D eigenvalue weighted by molar-refractivity contribution is 0.0194. The molecule has 2 aliphatic rings. The van der Waals surface area contributed by atoms with Gasteiger partial charge in [0.1, 0.15) is 0 Å². The van der Waals surface area contributed by atoms with E-state index in [2.05, 4.69) is 15.2 Å². The van der Waals surface area contributed by atoms with Gasteiger partial charge in [0.2, 0.25) is 5.76 Å². The van der Waals surface area contributed by atoms with Crippen molar-refractivity contribution in [1.82, 2.24) is 24.7 Å². The van der Waals surface area contributed by atoms with E-state index in [1.165, 1.54) is 0 Å². The zero-order valence-corrected chi connectivity index (χ0v) is 14.4. The monoisotopic (exact) mass is 345 g/mol. The summed E-state index contributed by atoms with van der Waals surface area (Å²) in [4.78, 5) is 17.4. The Morgan fingerprint density at radius 3 is 2.92 bits per heavy atom. The van der Waals surface area contributed by atoms with Gasteiger partial charge < -0.3 is 14.2 Å². The van der Waals surface area contributed by atoms with Crippen molar-refractivity contribution in [2.24, 2.45) is 0 Å². The normalized spacial score (nSPS) is 21.8. The fourth-order valence-corrected chi connectivity index (χ4v) is 3.54. The molecule has 0 saturated carbocycles. The lowest BCUT2D eigenvalue weighted by Gasteiger charge is -2.35. The Balaban J connectivity index is 1.58. The van der Waals surface area contributed by atoms with E-state index in [1.54, 1.807) is 12.3 Å². The van der Waals surface area contributed by atoms with Gasteiger partial charge >= 0.3 is 0 Å². The highest BCUT2D eigenvalue weighted by Crippen LogP contribution is 2.21. The topological polar surface area (TPSA) is 76.6 Å². The molecule has 25 heavy (non-hydrogen) atoms. The van der Waals surface area contributed by atoms with Gasteiger partial charge in [0.15, 0.2) is 0 Å². The minimum Gasteiger partial charge on any atom is -0.379 e. The van der Waals surface area contributed by atoms with Gasteiger partial charge in [0, 0.05) is 44.5 Å². The van der Waals surface area contributed by atoms with Crippen molar-refractivity contribution in [3.05, 3.63) is 35.5 Å². The molecule has 0 aromatic carbocycles. The van der Waals surface area contributed by atoms with Crippen molar-refractivity contribution in [2.45, 2.75) is 32.5 Å². The number of nitrogens with zero attached hydrogens (tertiary/aromatic N) is 5. The second-order valence-electron chi connectivity index (χ2n) is 6.67. The van der Waals surface area contributed by atoms with Gasteiger partial charge in [-0.2, -0.15) is 5.10 Å². The number of morpholine rings is 1. The predicted octanol–water partition coefficient (Wildman–Crippen LogP) is 0.926. The summed E-state index contributed by atoms with van der Waals surface area (Å²) in [6.45, 7) is 7.34. The first-order valence-corrected chi connectivity index (χ1v) is 8.76. The van der Waals surface area contributed by atoms with Crippen LogP contribution in [0.15, 0.2) is 22.9 Å². The molecule has 4 heterocycles. The lowest BCUT2D eigenvalue weighted by Crippen LogP contribution is -2.48. The van der Waals surface area contributed by atoms with E-state index in [0.29, 0.717) is 18.0 Å². The molecule has 1 saturated heterocycles. The van der Waals surface area contributed by atoms with Gasteiger partial charge in [-0.05, 0) is 19.4 Å². The smallest absolute Gasteiger partial charge is 0.293 e. The quantitative estimate of drug-likeness (QED) is 0.824. The Morgan fingerprint density at radius 1 is 1.32 bits per heavy atom. The maximum atomic E-state index is 13.1. The van der Waals surface area contributed by atoms with Crippen LogP contribution in [0.25, 0.3) is 0 Å². The molecule has 2 aromatic rings. The van der Waals surface area contributed by atoms with Crippen LogP contribution < -0.4 is 0 Å². The van der Waals surface area contributed by atoms with Crippen molar-refractivity contribution in [3.63, 3.8) is 0 Å². The molecule has 0 radical (unpaired) electrons. The van der Waals surface area contributed by atoms with Gasteiger partial charge in [-0.1, -0.05) is 5.16 Å². The molecule has 1 atom stereocenters. The molecule has 4 rings (SSSR count). The highest BCUT2D eigenvalue weighted by molar-refractivity contribution is 5.91. The molecule has 0 N–H and O–H groups in total. The highest BCUT2D eigenvalue weighted by Gasteiger charge is 2.32. The number of fused-ring (bicyclic) bond motifs is 1. The van der Waals surface area contributed by atoms with Crippen LogP contribution in [0.3, 0.4) is 0 Å². The van der Waals surface area contributed by atoms with E-state index in [4.69, 9.17) is 9.26 Å². The molecule has 8 heteroatoms. The van der Waals surface area contributed by atoms with Crippen LogP contribution in [0, 0.1) is 6.92 Å². The maximum Gasteiger partial charge on any atom is 0.293 e. The van der Waals surface area contributed by atoms with Gasteiger partial charge in [-0.25, -0.2) is 0 Å². The molecule has 1 amide bonds. The largest absolute Gasteiger partial charge is 0.379 e. The summed E-state index contributed by atoms with van der Waals surface area (Å²) in [5.74, 6) is 0.200. The fourth-order valence-electron chi connectivity index (χ4n) is 3.54. The van der Waals surface area contributed by atoms with Crippen molar-refractivity contribution < 1.29 is 14.1 Å². The number of ether oxygens (including phenoxy) is 1. The number of hydrogen-bond acceptors (Lipinski definition) is 6. The Labute approximate surface area is 146 Å². The first-order valence-electron chi connectivity index (χ1n) is 8.76. The molecule has 0 aliphatic carbocycles. The van der Waals surface area contributed by atoms with Crippen LogP contribution in [0.5, 0.6) is 0 Å². The van der Waals surface area contributed by atoms with Crippen molar-refractivity contribution in [3.8, 4) is 0 Å². The van der Waals surface area contributed by atoms with Gasteiger partial charge in [-0.15, -0.1) is 0 Å². The zero-order valence-electron chi connectivity index (χ0n) is 14.4. The molecule has 1 fully saturated rings. The van der Waals surface area contributed by atoms with Crippen LogP contribution in [0.1, 0.15) is 28.4 Å². The molecule has 8 nitrogen and oxygen atoms in total. The molecular weight excluding hydrogens is 322 g/mol. The summed E-state index contributed by atoms with van der Waals surface area (Å²) in [6.07, 6.45) is 2.66. The minimum absolute atomic E-state index is 0.103. The molecule has 2 aliphatic heterocycles. The first-order chi connectivity index (χ1) is 12.2. The van der Waals surface area contributed by atoms with Gasteiger partial charge in [0.05, 0.1) is 31.1 Å². The molecule has 0 bridgehead atoms. The number of carbonyl (C=O) groups excluding carboxylic acids is 1. The maximum absolute atomic E-state index is 13.1. The Kier molecular flexibility index (Phi) is 4.54. The third-order valence-electron chi connectivity index (χ3n) is 4.92. The van der Waals surface area contributed by atoms with E-state index in [9.17, 15) is 4.79 Å². The summed E-state index contributed by atoms with van der Waals surface area (Å²) < 4.78 is 12.7. The summed E-state index contributed by atoms with van der Waals surface area (Å²) in [6, 6.07) is 3.79. The van der Waals surface area contributed by atoms with Crippen molar-refractivity contribution in [1.29, 1.82) is 0 Å². The average Bonchev–Trinajstić information content (AvgIpc) is 3.22. The highest BCUT2D eigenvalue weighted by atomic mass is 16.5. The van der Waals surface area contributed by atoms with Gasteiger partial charge in [-0.3, -0.25) is 14.4 Å². The fraction of sp³-hybridized carbons (Fsp3) is 0.588. The Bertz CT molecular complexity index is 734. The van der Waals surface area contributed by atoms with Crippen molar-refractivity contribution >= 4 is 5.91 Å². The standard InChI is InChI=1S/C17H23N5O3/c1-13-10-16(25-19-13)17(23)21-12-15-2-4-18-22(15)5-3-14(21)11-20-6-8-24-9-7-20/h2,4,10,14H,3,5-9,11-12H2,1H3/t14-/m0/s1. The molecule has 2 aromatic heterocycles. The summed E-state index contributed by atoms with van der Waals surface area (Å²) in [7, 11) is 0. The zero-order chi connectivity index (χ0) is 17.2. The van der Waals surface area contributed by atoms with E-state index >= 15 is 0 Å². The molecular formula is C17H23N5O3. The van der Waals surface area contributed by atoms with E-state index in [-0.39, 0.29) is 11.9 Å². The second kappa shape index (κ2) is 6.97. The van der Waals surface area contributed by atoms with Crippen LogP contribution in [0.2, 0.25) is 0 Å². The lowest BCUT2D eigenvalue weighted by atomic mass is 10.1. The SMILES string of the molecule is Cc1cc(C(=O)N2Cc3ccnn3CC[C@H]2CN2CCOCC2)on1. The molecule has 0 spiro atoms. The number of aryl methyl sites for hydroxylation is 2. The van der Waals surface area contributed by atoms with Gasteiger partial charge in [0.25, 0.3) is 5.91 Å². The molecule has 0 unspecified atom stereocenters. The third kappa shape index (κ3) is 3.45. The average molecular weight is 345 g/mol. The van der Waals surface area contributed by atoms with Crippen molar-refractivity contribution in [2.75, 3.05) is 32.8 Å². The van der Waals surface area contributed by atoms with E-state index < -0.39 is 0 Å². The molecule has 134 valence electrons.